The van der Waals surface area contributed by atoms with Gasteiger partial charge in [0.15, 0.2) is 0 Å². The molecule has 21 heavy (non-hydrogen) atoms. The lowest BCUT2D eigenvalue weighted by Gasteiger charge is -2.30. The van der Waals surface area contributed by atoms with Gasteiger partial charge in [-0.1, -0.05) is 19.3 Å². The molecule has 3 N–H and O–H groups in total. The van der Waals surface area contributed by atoms with Crippen LogP contribution in [0.5, 0.6) is 0 Å². The summed E-state index contributed by atoms with van der Waals surface area (Å²) in [7, 11) is 0. The van der Waals surface area contributed by atoms with Crippen molar-refractivity contribution in [3.63, 3.8) is 0 Å². The van der Waals surface area contributed by atoms with Crippen LogP contribution in [0, 0.1) is 5.92 Å². The standard InChI is InChI=1S/C15H23BrN2OS.ClH/c1-10(13-7-8-14(16)20-13)15(19)18-12(9-17)11-5-3-2-4-6-11;/h7-8,10-12H,2-6,9,17H2,1H3,(H,18,19);1H. The van der Waals surface area contributed by atoms with E-state index < -0.39 is 0 Å². The highest BCUT2D eigenvalue weighted by molar-refractivity contribution is 9.11. The Morgan fingerprint density at radius 3 is 2.62 bits per heavy atom. The van der Waals surface area contributed by atoms with E-state index in [1.54, 1.807) is 11.3 Å². The van der Waals surface area contributed by atoms with Crippen molar-refractivity contribution >= 4 is 45.6 Å². The summed E-state index contributed by atoms with van der Waals surface area (Å²) in [5, 5.41) is 3.17. The monoisotopic (exact) mass is 394 g/mol. The smallest absolute Gasteiger partial charge is 0.228 e. The Bertz CT molecular complexity index is 449. The number of carbonyl (C=O) groups is 1. The van der Waals surface area contributed by atoms with Crippen LogP contribution in [0.4, 0.5) is 0 Å². The SMILES string of the molecule is CC(C(=O)NC(CN)C1CCCCC1)c1ccc(Br)s1.Cl. The molecule has 1 saturated carbocycles. The van der Waals surface area contributed by atoms with Crippen molar-refractivity contribution in [1.82, 2.24) is 5.32 Å². The average molecular weight is 396 g/mol. The minimum atomic E-state index is -0.107. The molecule has 0 radical (unpaired) electrons. The molecule has 1 aliphatic carbocycles. The molecule has 1 aliphatic rings. The van der Waals surface area contributed by atoms with Gasteiger partial charge in [-0.05, 0) is 53.7 Å². The maximum absolute atomic E-state index is 12.4. The number of carbonyl (C=O) groups excluding carboxylic acids is 1. The van der Waals surface area contributed by atoms with E-state index in [1.165, 1.54) is 32.1 Å². The molecular weight excluding hydrogens is 372 g/mol. The highest BCUT2D eigenvalue weighted by Crippen LogP contribution is 2.30. The zero-order chi connectivity index (χ0) is 14.5. The first-order valence-corrected chi connectivity index (χ1v) is 8.98. The van der Waals surface area contributed by atoms with Crippen LogP contribution in [-0.4, -0.2) is 18.5 Å². The molecule has 0 saturated heterocycles. The maximum Gasteiger partial charge on any atom is 0.228 e. The van der Waals surface area contributed by atoms with Crippen molar-refractivity contribution in [1.29, 1.82) is 0 Å². The van der Waals surface area contributed by atoms with Crippen molar-refractivity contribution in [2.75, 3.05) is 6.54 Å². The van der Waals surface area contributed by atoms with Crippen molar-refractivity contribution in [3.05, 3.63) is 20.8 Å². The van der Waals surface area contributed by atoms with Gasteiger partial charge in [0.25, 0.3) is 0 Å². The van der Waals surface area contributed by atoms with Crippen LogP contribution in [0.15, 0.2) is 15.9 Å². The van der Waals surface area contributed by atoms with Gasteiger partial charge < -0.3 is 11.1 Å². The van der Waals surface area contributed by atoms with E-state index in [0.29, 0.717) is 12.5 Å². The van der Waals surface area contributed by atoms with E-state index in [1.807, 2.05) is 19.1 Å². The summed E-state index contributed by atoms with van der Waals surface area (Å²) in [5.74, 6) is 0.546. The predicted octanol–water partition coefficient (Wildman–Crippen LogP) is 4.06. The van der Waals surface area contributed by atoms with Gasteiger partial charge in [-0.3, -0.25) is 4.79 Å². The summed E-state index contributed by atoms with van der Waals surface area (Å²) < 4.78 is 1.06. The van der Waals surface area contributed by atoms with Crippen LogP contribution >= 0.6 is 39.7 Å². The minimum Gasteiger partial charge on any atom is -0.351 e. The third-order valence-corrected chi connectivity index (χ3v) is 6.02. The first kappa shape index (κ1) is 18.9. The number of amides is 1. The Morgan fingerprint density at radius 1 is 1.43 bits per heavy atom. The van der Waals surface area contributed by atoms with Crippen molar-refractivity contribution in [2.45, 2.75) is 51.0 Å². The molecule has 0 aliphatic heterocycles. The third-order valence-electron chi connectivity index (χ3n) is 4.21. The summed E-state index contributed by atoms with van der Waals surface area (Å²) in [6.07, 6.45) is 6.25. The lowest BCUT2D eigenvalue weighted by atomic mass is 9.83. The Kier molecular flexibility index (Phi) is 8.24. The number of nitrogens with one attached hydrogen (secondary N) is 1. The number of thiophene rings is 1. The topological polar surface area (TPSA) is 55.1 Å². The first-order chi connectivity index (χ1) is 9.61. The molecule has 2 unspecified atom stereocenters. The number of nitrogens with two attached hydrogens (primary N) is 1. The lowest BCUT2D eigenvalue weighted by molar-refractivity contribution is -0.123. The van der Waals surface area contributed by atoms with E-state index in [-0.39, 0.29) is 30.3 Å². The van der Waals surface area contributed by atoms with Crippen molar-refractivity contribution in [2.24, 2.45) is 11.7 Å². The summed E-state index contributed by atoms with van der Waals surface area (Å²) in [4.78, 5) is 13.5. The number of rotatable bonds is 5. The van der Waals surface area contributed by atoms with Crippen LogP contribution in [0.2, 0.25) is 0 Å². The Morgan fingerprint density at radius 2 is 2.10 bits per heavy atom. The molecule has 1 fully saturated rings. The van der Waals surface area contributed by atoms with E-state index in [0.717, 1.165) is 8.66 Å². The van der Waals surface area contributed by atoms with Gasteiger partial charge in [-0.15, -0.1) is 23.7 Å². The molecule has 1 aromatic heterocycles. The van der Waals surface area contributed by atoms with Crippen LogP contribution < -0.4 is 11.1 Å². The molecule has 0 bridgehead atoms. The van der Waals surface area contributed by atoms with Gasteiger partial charge in [-0.2, -0.15) is 0 Å². The second kappa shape index (κ2) is 9.13. The zero-order valence-electron chi connectivity index (χ0n) is 12.3. The Balaban J connectivity index is 0.00000220. The van der Waals surface area contributed by atoms with Gasteiger partial charge in [0.05, 0.1) is 9.70 Å². The van der Waals surface area contributed by atoms with Gasteiger partial charge in [0.1, 0.15) is 0 Å². The maximum atomic E-state index is 12.4. The molecule has 2 atom stereocenters. The zero-order valence-corrected chi connectivity index (χ0v) is 15.5. The molecule has 1 aromatic rings. The second-order valence-corrected chi connectivity index (χ2v) is 8.11. The Hall–Kier alpha value is -0.100. The summed E-state index contributed by atoms with van der Waals surface area (Å²) in [6, 6.07) is 4.14. The fraction of sp³-hybridized carbons (Fsp3) is 0.667. The molecule has 1 heterocycles. The number of hydrogen-bond donors (Lipinski definition) is 2. The average Bonchev–Trinajstić information content (AvgIpc) is 2.91. The molecule has 6 heteroatoms. The summed E-state index contributed by atoms with van der Waals surface area (Å²) >= 11 is 5.06. The first-order valence-electron chi connectivity index (χ1n) is 7.37. The van der Waals surface area contributed by atoms with Crippen molar-refractivity contribution < 1.29 is 4.79 Å². The fourth-order valence-corrected chi connectivity index (χ4v) is 4.38. The van der Waals surface area contributed by atoms with E-state index in [9.17, 15) is 4.79 Å². The summed E-state index contributed by atoms with van der Waals surface area (Å²) in [5.41, 5.74) is 5.88. The normalized spacial score (nSPS) is 18.6. The van der Waals surface area contributed by atoms with E-state index >= 15 is 0 Å². The molecule has 3 nitrogen and oxygen atoms in total. The van der Waals surface area contributed by atoms with Crippen LogP contribution in [-0.2, 0) is 4.79 Å². The van der Waals surface area contributed by atoms with E-state index in [4.69, 9.17) is 5.73 Å². The molecule has 1 amide bonds. The number of halogens is 2. The third kappa shape index (κ3) is 5.23. The van der Waals surface area contributed by atoms with Gasteiger partial charge in [0, 0.05) is 17.5 Å². The van der Waals surface area contributed by atoms with Crippen LogP contribution in [0.25, 0.3) is 0 Å². The molecule has 0 spiro atoms. The van der Waals surface area contributed by atoms with Gasteiger partial charge >= 0.3 is 0 Å². The molecular formula is C15H24BrClN2OS. The second-order valence-electron chi connectivity index (χ2n) is 5.61. The van der Waals surface area contributed by atoms with Crippen LogP contribution in [0.3, 0.4) is 0 Å². The number of hydrogen-bond acceptors (Lipinski definition) is 3. The predicted molar refractivity (Wildman–Crippen MR) is 95.2 cm³/mol. The summed E-state index contributed by atoms with van der Waals surface area (Å²) in [6.45, 7) is 2.50. The Labute approximate surface area is 145 Å². The van der Waals surface area contributed by atoms with E-state index in [2.05, 4.69) is 21.2 Å². The highest BCUT2D eigenvalue weighted by atomic mass is 79.9. The molecule has 120 valence electrons. The largest absolute Gasteiger partial charge is 0.351 e. The van der Waals surface area contributed by atoms with Crippen molar-refractivity contribution in [3.8, 4) is 0 Å². The lowest BCUT2D eigenvalue weighted by Crippen LogP contribution is -2.47. The molecule has 0 aromatic carbocycles. The van der Waals surface area contributed by atoms with Crippen LogP contribution in [0.1, 0.15) is 49.8 Å². The van der Waals surface area contributed by atoms with Gasteiger partial charge in [0.2, 0.25) is 5.91 Å². The fourth-order valence-electron chi connectivity index (χ4n) is 2.90. The quantitative estimate of drug-likeness (QED) is 0.790. The molecule has 2 rings (SSSR count). The minimum absolute atomic E-state index is 0. The highest BCUT2D eigenvalue weighted by Gasteiger charge is 2.26. The van der Waals surface area contributed by atoms with Gasteiger partial charge in [-0.25, -0.2) is 0 Å².